The average molecular weight is 345 g/mol. The number of alkyl halides is 3. The molecule has 0 fully saturated rings. The first kappa shape index (κ1) is 14.5. The van der Waals surface area contributed by atoms with Crippen molar-refractivity contribution in [1.82, 2.24) is 4.98 Å². The van der Waals surface area contributed by atoms with Gasteiger partial charge in [0.15, 0.2) is 0 Å². The lowest BCUT2D eigenvalue weighted by Crippen LogP contribution is -2.13. The van der Waals surface area contributed by atoms with Gasteiger partial charge in [-0.1, -0.05) is 0 Å². The lowest BCUT2D eigenvalue weighted by Gasteiger charge is -2.11. The molecule has 1 aromatic carbocycles. The lowest BCUT2D eigenvalue weighted by atomic mass is 10.2. The van der Waals surface area contributed by atoms with Gasteiger partial charge in [0.05, 0.1) is 16.8 Å². The summed E-state index contributed by atoms with van der Waals surface area (Å²) in [7, 11) is 0. The third-order valence-electron chi connectivity index (χ3n) is 2.47. The molecular weight excluding hydrogens is 337 g/mol. The zero-order chi connectivity index (χ0) is 14.8. The fourth-order valence-electron chi connectivity index (χ4n) is 1.49. The van der Waals surface area contributed by atoms with E-state index in [0.29, 0.717) is 4.47 Å². The molecule has 0 unspecified atom stereocenters. The van der Waals surface area contributed by atoms with Crippen LogP contribution in [-0.4, -0.2) is 10.9 Å². The molecule has 0 atom stereocenters. The molecule has 2 aromatic rings. The molecule has 7 heteroatoms. The summed E-state index contributed by atoms with van der Waals surface area (Å²) in [5, 5.41) is 2.41. The van der Waals surface area contributed by atoms with Gasteiger partial charge in [-0.25, -0.2) is 0 Å². The van der Waals surface area contributed by atoms with Crippen molar-refractivity contribution in [3.05, 3.63) is 58.3 Å². The van der Waals surface area contributed by atoms with Crippen LogP contribution in [0.2, 0.25) is 0 Å². The number of rotatable bonds is 2. The Kier molecular flexibility index (Phi) is 4.08. The lowest BCUT2D eigenvalue weighted by molar-refractivity contribution is -0.137. The minimum atomic E-state index is -4.46. The molecule has 0 radical (unpaired) electrons. The molecule has 20 heavy (non-hydrogen) atoms. The summed E-state index contributed by atoms with van der Waals surface area (Å²) in [6.07, 6.45) is -1.64. The minimum Gasteiger partial charge on any atom is -0.321 e. The van der Waals surface area contributed by atoms with E-state index < -0.39 is 17.6 Å². The van der Waals surface area contributed by atoms with Gasteiger partial charge in [0.1, 0.15) is 0 Å². The van der Waals surface area contributed by atoms with E-state index in [1.165, 1.54) is 24.5 Å². The Morgan fingerprint density at radius 2 is 2.00 bits per heavy atom. The van der Waals surface area contributed by atoms with Crippen LogP contribution < -0.4 is 5.32 Å². The first-order valence-corrected chi connectivity index (χ1v) is 6.25. The number of pyridine rings is 1. The Bertz CT molecular complexity index is 629. The summed E-state index contributed by atoms with van der Waals surface area (Å²) >= 11 is 3.10. The van der Waals surface area contributed by atoms with Crippen molar-refractivity contribution in [2.45, 2.75) is 6.18 Å². The molecule has 1 heterocycles. The SMILES string of the molecule is O=C(Nc1cc(C(F)(F)F)ccc1Br)c1cccnc1. The predicted octanol–water partition coefficient (Wildman–Crippen LogP) is 4.12. The molecule has 0 saturated carbocycles. The molecule has 0 saturated heterocycles. The van der Waals surface area contributed by atoms with Crippen LogP contribution in [0.1, 0.15) is 15.9 Å². The van der Waals surface area contributed by atoms with Crippen molar-refractivity contribution in [1.29, 1.82) is 0 Å². The highest BCUT2D eigenvalue weighted by molar-refractivity contribution is 9.10. The summed E-state index contributed by atoms with van der Waals surface area (Å²) in [4.78, 5) is 15.6. The number of amides is 1. The highest BCUT2D eigenvalue weighted by atomic mass is 79.9. The summed E-state index contributed by atoms with van der Waals surface area (Å²) in [6, 6.07) is 6.13. The summed E-state index contributed by atoms with van der Waals surface area (Å²) in [5.74, 6) is -0.530. The Morgan fingerprint density at radius 3 is 2.60 bits per heavy atom. The number of halogens is 4. The quantitative estimate of drug-likeness (QED) is 0.890. The van der Waals surface area contributed by atoms with Crippen molar-refractivity contribution in [3.8, 4) is 0 Å². The zero-order valence-electron chi connectivity index (χ0n) is 9.91. The van der Waals surface area contributed by atoms with E-state index in [0.717, 1.165) is 12.1 Å². The fraction of sp³-hybridized carbons (Fsp3) is 0.0769. The number of anilines is 1. The van der Waals surface area contributed by atoms with Crippen LogP contribution in [0.4, 0.5) is 18.9 Å². The van der Waals surface area contributed by atoms with Crippen LogP contribution in [0.25, 0.3) is 0 Å². The minimum absolute atomic E-state index is 0.0497. The van der Waals surface area contributed by atoms with Crippen molar-refractivity contribution in [3.63, 3.8) is 0 Å². The third kappa shape index (κ3) is 3.36. The first-order chi connectivity index (χ1) is 9.38. The van der Waals surface area contributed by atoms with Crippen molar-refractivity contribution in [2.75, 3.05) is 5.32 Å². The Balaban J connectivity index is 2.27. The molecule has 104 valence electrons. The van der Waals surface area contributed by atoms with E-state index in [4.69, 9.17) is 0 Å². The number of carbonyl (C=O) groups excluding carboxylic acids is 1. The molecule has 0 bridgehead atoms. The van der Waals surface area contributed by atoms with Gasteiger partial charge in [-0.3, -0.25) is 9.78 Å². The maximum atomic E-state index is 12.6. The first-order valence-electron chi connectivity index (χ1n) is 5.46. The maximum Gasteiger partial charge on any atom is 0.416 e. The molecule has 0 spiro atoms. The van der Waals surface area contributed by atoms with Crippen LogP contribution in [0.15, 0.2) is 47.2 Å². The van der Waals surface area contributed by atoms with Gasteiger partial charge in [0, 0.05) is 16.9 Å². The summed E-state index contributed by atoms with van der Waals surface area (Å²) < 4.78 is 38.2. The van der Waals surface area contributed by atoms with Gasteiger partial charge in [-0.05, 0) is 46.3 Å². The van der Waals surface area contributed by atoms with Crippen molar-refractivity contribution < 1.29 is 18.0 Å². The average Bonchev–Trinajstić information content (AvgIpc) is 2.41. The molecule has 0 aliphatic rings. The number of hydrogen-bond acceptors (Lipinski definition) is 2. The largest absolute Gasteiger partial charge is 0.416 e. The number of nitrogens with one attached hydrogen (secondary N) is 1. The second kappa shape index (κ2) is 5.62. The smallest absolute Gasteiger partial charge is 0.321 e. The van der Waals surface area contributed by atoms with Gasteiger partial charge in [-0.2, -0.15) is 13.2 Å². The molecule has 1 amide bonds. The van der Waals surface area contributed by atoms with Gasteiger partial charge < -0.3 is 5.32 Å². The molecule has 0 aliphatic carbocycles. The second-order valence-corrected chi connectivity index (χ2v) is 4.74. The standard InChI is InChI=1S/C13H8BrF3N2O/c14-10-4-3-9(13(15,16)17)6-11(10)19-12(20)8-2-1-5-18-7-8/h1-7H,(H,19,20). The van der Waals surface area contributed by atoms with Gasteiger partial charge in [0.2, 0.25) is 0 Å². The van der Waals surface area contributed by atoms with Crippen LogP contribution >= 0.6 is 15.9 Å². The molecule has 2 rings (SSSR count). The van der Waals surface area contributed by atoms with E-state index >= 15 is 0 Å². The molecule has 3 nitrogen and oxygen atoms in total. The number of carbonyl (C=O) groups is 1. The van der Waals surface area contributed by atoms with Gasteiger partial charge in [-0.15, -0.1) is 0 Å². The Hall–Kier alpha value is -1.89. The van der Waals surface area contributed by atoms with Gasteiger partial charge >= 0.3 is 6.18 Å². The summed E-state index contributed by atoms with van der Waals surface area (Å²) in [6.45, 7) is 0. The van der Waals surface area contributed by atoms with E-state index in [9.17, 15) is 18.0 Å². The van der Waals surface area contributed by atoms with E-state index in [2.05, 4.69) is 26.2 Å². The molecule has 1 N–H and O–H groups in total. The van der Waals surface area contributed by atoms with E-state index in [1.807, 2.05) is 0 Å². The third-order valence-corrected chi connectivity index (χ3v) is 3.16. The van der Waals surface area contributed by atoms with Gasteiger partial charge in [0.25, 0.3) is 5.91 Å². The summed E-state index contributed by atoms with van der Waals surface area (Å²) in [5.41, 5.74) is -0.521. The zero-order valence-corrected chi connectivity index (χ0v) is 11.5. The second-order valence-electron chi connectivity index (χ2n) is 3.89. The molecule has 0 aliphatic heterocycles. The van der Waals surface area contributed by atoms with Crippen LogP contribution in [-0.2, 0) is 6.18 Å². The topological polar surface area (TPSA) is 42.0 Å². The number of benzene rings is 1. The van der Waals surface area contributed by atoms with Crippen molar-refractivity contribution in [2.24, 2.45) is 0 Å². The highest BCUT2D eigenvalue weighted by Gasteiger charge is 2.31. The Labute approximate surface area is 121 Å². The monoisotopic (exact) mass is 344 g/mol. The number of hydrogen-bond donors (Lipinski definition) is 1. The van der Waals surface area contributed by atoms with E-state index in [1.54, 1.807) is 6.07 Å². The van der Waals surface area contributed by atoms with Crippen molar-refractivity contribution >= 4 is 27.5 Å². The predicted molar refractivity (Wildman–Crippen MR) is 71.3 cm³/mol. The molecule has 1 aromatic heterocycles. The Morgan fingerprint density at radius 1 is 1.25 bits per heavy atom. The highest BCUT2D eigenvalue weighted by Crippen LogP contribution is 2.34. The van der Waals surface area contributed by atoms with E-state index in [-0.39, 0.29) is 11.3 Å². The van der Waals surface area contributed by atoms with Crippen LogP contribution in [0.5, 0.6) is 0 Å². The van der Waals surface area contributed by atoms with Crippen LogP contribution in [0, 0.1) is 0 Å². The number of aromatic nitrogens is 1. The van der Waals surface area contributed by atoms with Crippen LogP contribution in [0.3, 0.4) is 0 Å². The molecular formula is C13H8BrF3N2O. The number of nitrogens with zero attached hydrogens (tertiary/aromatic N) is 1. The maximum absolute atomic E-state index is 12.6. The normalized spacial score (nSPS) is 11.2. The fourth-order valence-corrected chi connectivity index (χ4v) is 1.83.